The number of carbonyl (C=O) groups is 1. The molecule has 0 bridgehead atoms. The van der Waals surface area contributed by atoms with E-state index in [0.29, 0.717) is 12.4 Å². The van der Waals surface area contributed by atoms with Crippen LogP contribution in [-0.4, -0.2) is 64.4 Å². The monoisotopic (exact) mass is 359 g/mol. The number of oxazole rings is 1. The van der Waals surface area contributed by atoms with Crippen molar-refractivity contribution < 1.29 is 18.7 Å². The van der Waals surface area contributed by atoms with Gasteiger partial charge in [-0.3, -0.25) is 9.69 Å². The van der Waals surface area contributed by atoms with E-state index in [1.54, 1.807) is 7.11 Å². The van der Waals surface area contributed by atoms with Crippen molar-refractivity contribution in [1.82, 2.24) is 25.4 Å². The first-order valence-electron chi connectivity index (χ1n) is 8.59. The zero-order valence-corrected chi connectivity index (χ0v) is 14.6. The van der Waals surface area contributed by atoms with Gasteiger partial charge in [0.25, 0.3) is 5.91 Å². The Kier molecular flexibility index (Phi) is 4.56. The van der Waals surface area contributed by atoms with Crippen LogP contribution >= 0.6 is 0 Å². The van der Waals surface area contributed by atoms with Crippen molar-refractivity contribution in [2.45, 2.75) is 31.1 Å². The average Bonchev–Trinajstić information content (AvgIpc) is 3.30. The molecule has 1 amide bonds. The minimum absolute atomic E-state index is 0.0322. The molecule has 0 radical (unpaired) electrons. The molecule has 9 heteroatoms. The SMILES string of the molecule is COc1ccc(CN2CC3(CCC(CNC(=O)c4cnco4)O3)C2)nn1. The largest absolute Gasteiger partial charge is 0.480 e. The molecule has 2 fully saturated rings. The number of nitrogens with one attached hydrogen (secondary N) is 1. The van der Waals surface area contributed by atoms with Crippen LogP contribution in [0.15, 0.2) is 29.1 Å². The number of carbonyl (C=O) groups excluding carboxylic acids is 1. The van der Waals surface area contributed by atoms with Gasteiger partial charge in [0.1, 0.15) is 0 Å². The summed E-state index contributed by atoms with van der Waals surface area (Å²) >= 11 is 0. The van der Waals surface area contributed by atoms with E-state index >= 15 is 0 Å². The second kappa shape index (κ2) is 7.00. The molecule has 9 nitrogen and oxygen atoms in total. The highest BCUT2D eigenvalue weighted by molar-refractivity contribution is 5.90. The van der Waals surface area contributed by atoms with E-state index < -0.39 is 0 Å². The maximum atomic E-state index is 11.9. The smallest absolute Gasteiger partial charge is 0.288 e. The van der Waals surface area contributed by atoms with Crippen molar-refractivity contribution in [3.63, 3.8) is 0 Å². The van der Waals surface area contributed by atoms with Crippen molar-refractivity contribution in [2.24, 2.45) is 0 Å². The number of hydrogen-bond acceptors (Lipinski definition) is 8. The van der Waals surface area contributed by atoms with Gasteiger partial charge in [-0.25, -0.2) is 4.98 Å². The number of methoxy groups -OCH3 is 1. The highest BCUT2D eigenvalue weighted by atomic mass is 16.5. The molecule has 138 valence electrons. The first-order chi connectivity index (χ1) is 12.7. The summed E-state index contributed by atoms with van der Waals surface area (Å²) in [7, 11) is 1.57. The topological polar surface area (TPSA) is 103 Å². The molecule has 2 saturated heterocycles. The Bertz CT molecular complexity index is 743. The Morgan fingerprint density at radius 2 is 2.31 bits per heavy atom. The quantitative estimate of drug-likeness (QED) is 0.801. The summed E-state index contributed by atoms with van der Waals surface area (Å²) in [5.41, 5.74) is 0.816. The molecule has 1 spiro atoms. The van der Waals surface area contributed by atoms with Crippen LogP contribution in [0.2, 0.25) is 0 Å². The minimum Gasteiger partial charge on any atom is -0.480 e. The van der Waals surface area contributed by atoms with Gasteiger partial charge in [-0.1, -0.05) is 0 Å². The molecular weight excluding hydrogens is 338 g/mol. The van der Waals surface area contributed by atoms with Crippen LogP contribution < -0.4 is 10.1 Å². The van der Waals surface area contributed by atoms with E-state index in [1.165, 1.54) is 12.6 Å². The summed E-state index contributed by atoms with van der Waals surface area (Å²) in [6, 6.07) is 3.74. The summed E-state index contributed by atoms with van der Waals surface area (Å²) in [5.74, 6) is 0.469. The number of likely N-dealkylation sites (tertiary alicyclic amines) is 1. The molecule has 2 aliphatic heterocycles. The van der Waals surface area contributed by atoms with Crippen molar-refractivity contribution in [3.8, 4) is 5.88 Å². The zero-order chi connectivity index (χ0) is 18.0. The van der Waals surface area contributed by atoms with Gasteiger partial charge >= 0.3 is 0 Å². The molecule has 0 aromatic carbocycles. The third-order valence-electron chi connectivity index (χ3n) is 4.80. The highest BCUT2D eigenvalue weighted by Gasteiger charge is 2.49. The molecule has 2 aromatic rings. The van der Waals surface area contributed by atoms with Gasteiger partial charge < -0.3 is 19.2 Å². The van der Waals surface area contributed by atoms with Gasteiger partial charge in [0, 0.05) is 32.2 Å². The van der Waals surface area contributed by atoms with Crippen LogP contribution in [-0.2, 0) is 11.3 Å². The van der Waals surface area contributed by atoms with Crippen molar-refractivity contribution >= 4 is 5.91 Å². The molecule has 4 rings (SSSR count). The van der Waals surface area contributed by atoms with Crippen LogP contribution in [0.4, 0.5) is 0 Å². The van der Waals surface area contributed by atoms with Gasteiger partial charge in [-0.05, 0) is 18.9 Å². The number of hydrogen-bond donors (Lipinski definition) is 1. The zero-order valence-electron chi connectivity index (χ0n) is 14.6. The second-order valence-corrected chi connectivity index (χ2v) is 6.75. The van der Waals surface area contributed by atoms with Gasteiger partial charge in [0.05, 0.1) is 30.7 Å². The molecule has 26 heavy (non-hydrogen) atoms. The Balaban J connectivity index is 1.21. The molecule has 1 atom stereocenters. The summed E-state index contributed by atoms with van der Waals surface area (Å²) in [6.45, 7) is 2.96. The van der Waals surface area contributed by atoms with Gasteiger partial charge in [0.15, 0.2) is 6.39 Å². The summed E-state index contributed by atoms with van der Waals surface area (Å²) in [5, 5.41) is 11.0. The summed E-state index contributed by atoms with van der Waals surface area (Å²) in [4.78, 5) is 17.9. The van der Waals surface area contributed by atoms with Gasteiger partial charge in [-0.2, -0.15) is 5.10 Å². The lowest BCUT2D eigenvalue weighted by atomic mass is 9.90. The maximum absolute atomic E-state index is 11.9. The number of rotatable bonds is 6. The fourth-order valence-corrected chi connectivity index (χ4v) is 3.54. The van der Waals surface area contributed by atoms with E-state index in [1.807, 2.05) is 12.1 Å². The number of ether oxygens (including phenoxy) is 2. The number of nitrogens with zero attached hydrogens (tertiary/aromatic N) is 4. The average molecular weight is 359 g/mol. The molecule has 2 aliphatic rings. The van der Waals surface area contributed by atoms with Crippen LogP contribution in [0, 0.1) is 0 Å². The van der Waals surface area contributed by atoms with Crippen LogP contribution in [0.1, 0.15) is 29.1 Å². The van der Waals surface area contributed by atoms with Crippen molar-refractivity contribution in [2.75, 3.05) is 26.7 Å². The van der Waals surface area contributed by atoms with E-state index in [-0.39, 0.29) is 23.4 Å². The minimum atomic E-state index is -0.264. The number of aromatic nitrogens is 3. The third-order valence-corrected chi connectivity index (χ3v) is 4.80. The standard InChI is InChI=1S/C17H21N5O4/c1-24-15-3-2-12(20-21-15)8-22-9-17(10-22)5-4-13(26-17)6-19-16(23)14-7-18-11-25-14/h2-3,7,11,13H,4-6,8-10H2,1H3,(H,19,23). The van der Waals surface area contributed by atoms with Crippen molar-refractivity contribution in [3.05, 3.63) is 36.2 Å². The van der Waals surface area contributed by atoms with Crippen LogP contribution in [0.5, 0.6) is 5.88 Å². The maximum Gasteiger partial charge on any atom is 0.288 e. The van der Waals surface area contributed by atoms with E-state index in [2.05, 4.69) is 25.4 Å². The molecule has 1 unspecified atom stereocenters. The Labute approximate surface area is 150 Å². The van der Waals surface area contributed by atoms with E-state index in [0.717, 1.165) is 38.2 Å². The normalized spacial score (nSPS) is 21.5. The Morgan fingerprint density at radius 1 is 1.42 bits per heavy atom. The fourth-order valence-electron chi connectivity index (χ4n) is 3.54. The Morgan fingerprint density at radius 3 is 3.00 bits per heavy atom. The van der Waals surface area contributed by atoms with Gasteiger partial charge in [-0.15, -0.1) is 5.10 Å². The molecule has 1 N–H and O–H groups in total. The Hall–Kier alpha value is -2.52. The molecule has 0 saturated carbocycles. The van der Waals surface area contributed by atoms with E-state index in [4.69, 9.17) is 13.9 Å². The first-order valence-corrected chi connectivity index (χ1v) is 8.59. The van der Waals surface area contributed by atoms with E-state index in [9.17, 15) is 4.79 Å². The predicted molar refractivity (Wildman–Crippen MR) is 89.5 cm³/mol. The number of amides is 1. The lowest BCUT2D eigenvalue weighted by Gasteiger charge is -2.47. The first kappa shape index (κ1) is 16.9. The third kappa shape index (κ3) is 3.54. The van der Waals surface area contributed by atoms with Crippen LogP contribution in [0.3, 0.4) is 0 Å². The summed E-state index contributed by atoms with van der Waals surface area (Å²) < 4.78 is 16.2. The molecule has 4 heterocycles. The lowest BCUT2D eigenvalue weighted by Crippen LogP contribution is -2.61. The second-order valence-electron chi connectivity index (χ2n) is 6.75. The lowest BCUT2D eigenvalue weighted by molar-refractivity contribution is -0.137. The fraction of sp³-hybridized carbons (Fsp3) is 0.529. The summed E-state index contributed by atoms with van der Waals surface area (Å²) in [6.07, 6.45) is 4.61. The van der Waals surface area contributed by atoms with Crippen molar-refractivity contribution in [1.29, 1.82) is 0 Å². The van der Waals surface area contributed by atoms with Gasteiger partial charge in [0.2, 0.25) is 11.6 Å². The van der Waals surface area contributed by atoms with Crippen LogP contribution in [0.25, 0.3) is 0 Å². The highest BCUT2D eigenvalue weighted by Crippen LogP contribution is 2.38. The molecular formula is C17H21N5O4. The molecule has 2 aromatic heterocycles. The predicted octanol–water partition coefficient (Wildman–Crippen LogP) is 0.637. The molecule has 0 aliphatic carbocycles.